The predicted molar refractivity (Wildman–Crippen MR) is 116 cm³/mol. The quantitative estimate of drug-likeness (QED) is 0.210. The van der Waals surface area contributed by atoms with Crippen LogP contribution in [0.2, 0.25) is 0 Å². The zero-order valence-corrected chi connectivity index (χ0v) is 18.9. The highest BCUT2D eigenvalue weighted by atomic mass is 127. The third-order valence-corrected chi connectivity index (χ3v) is 3.31. The summed E-state index contributed by atoms with van der Waals surface area (Å²) in [6.07, 6.45) is 0. The molecule has 0 heterocycles. The topological polar surface area (TPSA) is 66.9 Å². The molecule has 0 aromatic heterocycles. The van der Waals surface area contributed by atoms with Crippen LogP contribution in [0.4, 0.5) is 8.78 Å². The molecule has 0 aliphatic carbocycles. The summed E-state index contributed by atoms with van der Waals surface area (Å²) >= 11 is 0. The Hall–Kier alpha value is -1.36. The fourth-order valence-corrected chi connectivity index (χ4v) is 2.14. The molecule has 0 radical (unpaired) electrons. The molecule has 0 spiro atoms. The second-order valence-corrected chi connectivity index (χ2v) is 6.65. The van der Waals surface area contributed by atoms with E-state index in [0.29, 0.717) is 30.4 Å². The molecule has 3 N–H and O–H groups in total. The molecule has 1 aromatic rings. The van der Waals surface area contributed by atoms with Gasteiger partial charge in [0.2, 0.25) is 0 Å². The van der Waals surface area contributed by atoms with Crippen LogP contribution in [-0.2, 0) is 6.54 Å². The molecule has 156 valence electrons. The second-order valence-electron chi connectivity index (χ2n) is 6.65. The molecule has 6 nitrogen and oxygen atoms in total. The average Bonchev–Trinajstić information content (AvgIpc) is 2.56. The van der Waals surface area contributed by atoms with Crippen molar-refractivity contribution < 1.29 is 18.3 Å². The Balaban J connectivity index is 0.00000676. The van der Waals surface area contributed by atoms with Crippen LogP contribution in [-0.4, -0.2) is 44.9 Å². The number of aliphatic imine (C=N–C) groups is 1. The summed E-state index contributed by atoms with van der Waals surface area (Å²) in [4.78, 5) is 4.45. The number of nitrogens with zero attached hydrogens (tertiary/aromatic N) is 1. The normalized spacial score (nSPS) is 11.8. The largest absolute Gasteiger partial charge is 0.497 e. The minimum atomic E-state index is -2.89. The van der Waals surface area contributed by atoms with Crippen LogP contribution in [0.25, 0.3) is 0 Å². The molecule has 0 aliphatic heterocycles. The minimum absolute atomic E-state index is 0. The van der Waals surface area contributed by atoms with Gasteiger partial charge in [-0.1, -0.05) is 0 Å². The van der Waals surface area contributed by atoms with Crippen molar-refractivity contribution in [2.75, 3.05) is 26.7 Å². The summed E-state index contributed by atoms with van der Waals surface area (Å²) in [6.45, 7) is 7.69. The van der Waals surface area contributed by atoms with E-state index in [0.717, 1.165) is 6.54 Å². The zero-order chi connectivity index (χ0) is 19.6. The van der Waals surface area contributed by atoms with Gasteiger partial charge in [0.1, 0.15) is 11.5 Å². The number of guanidine groups is 1. The van der Waals surface area contributed by atoms with Crippen LogP contribution in [0, 0.1) is 0 Å². The van der Waals surface area contributed by atoms with Gasteiger partial charge >= 0.3 is 6.61 Å². The molecule has 1 rings (SSSR count). The van der Waals surface area contributed by atoms with Crippen LogP contribution < -0.4 is 25.4 Å². The van der Waals surface area contributed by atoms with E-state index in [1.807, 2.05) is 6.92 Å². The van der Waals surface area contributed by atoms with Gasteiger partial charge < -0.3 is 25.4 Å². The van der Waals surface area contributed by atoms with Crippen LogP contribution in [0.3, 0.4) is 0 Å². The van der Waals surface area contributed by atoms with Crippen molar-refractivity contribution in [2.24, 2.45) is 4.99 Å². The summed E-state index contributed by atoms with van der Waals surface area (Å²) in [5.74, 6) is 1.26. The molecule has 0 atom stereocenters. The molecule has 0 bridgehead atoms. The molecule has 0 amide bonds. The lowest BCUT2D eigenvalue weighted by Gasteiger charge is -2.21. The smallest absolute Gasteiger partial charge is 0.387 e. The van der Waals surface area contributed by atoms with Crippen molar-refractivity contribution in [1.82, 2.24) is 16.0 Å². The molecule has 0 aliphatic rings. The standard InChI is InChI=1S/C18H30F2N4O2.HI/c1-6-21-17(22-9-10-24-18(2,3)4)23-12-13-11-14(25-5)7-8-15(13)26-16(19)20;/h7-8,11,16,24H,6,9-10,12H2,1-5H3,(H2,21,22,23);1H. The number of hydrogen-bond acceptors (Lipinski definition) is 4. The summed E-state index contributed by atoms with van der Waals surface area (Å²) in [5.41, 5.74) is 0.564. The van der Waals surface area contributed by atoms with E-state index >= 15 is 0 Å². The van der Waals surface area contributed by atoms with E-state index in [-0.39, 0.29) is 41.8 Å². The number of hydrogen-bond donors (Lipinski definition) is 3. The van der Waals surface area contributed by atoms with E-state index in [2.05, 4.69) is 46.5 Å². The average molecular weight is 500 g/mol. The van der Waals surface area contributed by atoms with Crippen molar-refractivity contribution in [3.8, 4) is 11.5 Å². The van der Waals surface area contributed by atoms with Crippen LogP contribution >= 0.6 is 24.0 Å². The van der Waals surface area contributed by atoms with Gasteiger partial charge in [-0.15, -0.1) is 24.0 Å². The Morgan fingerprint density at radius 1 is 1.19 bits per heavy atom. The molecule has 0 unspecified atom stereocenters. The number of alkyl halides is 2. The SMILES string of the molecule is CCNC(=NCc1cc(OC)ccc1OC(F)F)NCCNC(C)(C)C.I. The van der Waals surface area contributed by atoms with Crippen LogP contribution in [0.15, 0.2) is 23.2 Å². The molecular formula is C18H31F2IN4O2. The van der Waals surface area contributed by atoms with Gasteiger partial charge in [-0.3, -0.25) is 0 Å². The third-order valence-electron chi connectivity index (χ3n) is 3.31. The maximum Gasteiger partial charge on any atom is 0.387 e. The first-order valence-corrected chi connectivity index (χ1v) is 8.64. The number of benzene rings is 1. The van der Waals surface area contributed by atoms with E-state index < -0.39 is 6.61 Å². The fourth-order valence-electron chi connectivity index (χ4n) is 2.14. The summed E-state index contributed by atoms with van der Waals surface area (Å²) in [7, 11) is 1.52. The lowest BCUT2D eigenvalue weighted by atomic mass is 10.1. The van der Waals surface area contributed by atoms with Crippen molar-refractivity contribution in [3.63, 3.8) is 0 Å². The van der Waals surface area contributed by atoms with Gasteiger partial charge in [-0.25, -0.2) is 4.99 Å². The number of ether oxygens (including phenoxy) is 2. The molecule has 0 fully saturated rings. The minimum Gasteiger partial charge on any atom is -0.497 e. The second kappa shape index (κ2) is 12.9. The van der Waals surface area contributed by atoms with Crippen molar-refractivity contribution in [2.45, 2.75) is 46.4 Å². The molecular weight excluding hydrogens is 469 g/mol. The fraction of sp³-hybridized carbons (Fsp3) is 0.611. The Morgan fingerprint density at radius 3 is 2.44 bits per heavy atom. The van der Waals surface area contributed by atoms with E-state index in [4.69, 9.17) is 4.74 Å². The number of halogens is 3. The number of rotatable bonds is 9. The van der Waals surface area contributed by atoms with E-state index in [1.54, 1.807) is 12.1 Å². The lowest BCUT2D eigenvalue weighted by molar-refractivity contribution is -0.0504. The molecule has 0 saturated heterocycles. The molecule has 1 aromatic carbocycles. The predicted octanol–water partition coefficient (Wildman–Crippen LogP) is 3.36. The first-order chi connectivity index (χ1) is 12.2. The molecule has 27 heavy (non-hydrogen) atoms. The Labute approximate surface area is 177 Å². The van der Waals surface area contributed by atoms with E-state index in [9.17, 15) is 8.78 Å². The van der Waals surface area contributed by atoms with Crippen molar-refractivity contribution in [3.05, 3.63) is 23.8 Å². The van der Waals surface area contributed by atoms with Gasteiger partial charge in [0.15, 0.2) is 5.96 Å². The first kappa shape index (κ1) is 25.6. The molecule has 9 heteroatoms. The summed E-state index contributed by atoms with van der Waals surface area (Å²) in [6, 6.07) is 4.68. The Bertz CT molecular complexity index is 581. The maximum atomic E-state index is 12.6. The van der Waals surface area contributed by atoms with E-state index in [1.165, 1.54) is 13.2 Å². The highest BCUT2D eigenvalue weighted by Gasteiger charge is 2.11. The van der Waals surface area contributed by atoms with Gasteiger partial charge in [-0.2, -0.15) is 8.78 Å². The number of nitrogens with one attached hydrogen (secondary N) is 3. The van der Waals surface area contributed by atoms with Gasteiger partial charge in [0.05, 0.1) is 13.7 Å². The van der Waals surface area contributed by atoms with Crippen LogP contribution in [0.5, 0.6) is 11.5 Å². The summed E-state index contributed by atoms with van der Waals surface area (Å²) < 4.78 is 34.9. The lowest BCUT2D eigenvalue weighted by Crippen LogP contribution is -2.44. The number of methoxy groups -OCH3 is 1. The monoisotopic (exact) mass is 500 g/mol. The third kappa shape index (κ3) is 11.2. The Kier molecular flexibility index (Phi) is 12.3. The summed E-state index contributed by atoms with van der Waals surface area (Å²) in [5, 5.41) is 9.71. The maximum absolute atomic E-state index is 12.6. The van der Waals surface area contributed by atoms with Crippen LogP contribution in [0.1, 0.15) is 33.3 Å². The molecule has 0 saturated carbocycles. The van der Waals surface area contributed by atoms with Crippen molar-refractivity contribution in [1.29, 1.82) is 0 Å². The van der Waals surface area contributed by atoms with Gasteiger partial charge in [-0.05, 0) is 45.9 Å². The first-order valence-electron chi connectivity index (χ1n) is 8.64. The Morgan fingerprint density at radius 2 is 1.89 bits per heavy atom. The van der Waals surface area contributed by atoms with Gasteiger partial charge in [0.25, 0.3) is 0 Å². The highest BCUT2D eigenvalue weighted by molar-refractivity contribution is 14.0. The highest BCUT2D eigenvalue weighted by Crippen LogP contribution is 2.26. The van der Waals surface area contributed by atoms with Crippen molar-refractivity contribution >= 4 is 29.9 Å². The van der Waals surface area contributed by atoms with Gasteiger partial charge in [0, 0.05) is 30.7 Å². The zero-order valence-electron chi connectivity index (χ0n) is 16.6.